The highest BCUT2D eigenvalue weighted by Crippen LogP contribution is 2.28. The Kier molecular flexibility index (Phi) is 6.21. The van der Waals surface area contributed by atoms with Crippen molar-refractivity contribution in [2.75, 3.05) is 17.3 Å². The number of aryl methyl sites for hydroxylation is 3. The van der Waals surface area contributed by atoms with Crippen molar-refractivity contribution in [3.05, 3.63) is 65.2 Å². The van der Waals surface area contributed by atoms with Gasteiger partial charge in [-0.3, -0.25) is 4.90 Å². The third-order valence-electron chi connectivity index (χ3n) is 5.78. The van der Waals surface area contributed by atoms with Crippen LogP contribution >= 0.6 is 0 Å². The maximum Gasteiger partial charge on any atom is 0.326 e. The van der Waals surface area contributed by atoms with Crippen LogP contribution < -0.4 is 15.0 Å². The summed E-state index contributed by atoms with van der Waals surface area (Å²) in [6.45, 7) is 5.32. The third kappa shape index (κ3) is 4.55. The minimum atomic E-state index is -0.200. The predicted octanol–water partition coefficient (Wildman–Crippen LogP) is 4.87. The van der Waals surface area contributed by atoms with E-state index in [-0.39, 0.29) is 6.03 Å². The molecule has 0 spiro atoms. The molecule has 1 aliphatic rings. The van der Waals surface area contributed by atoms with Crippen LogP contribution in [0, 0.1) is 13.8 Å². The predicted molar refractivity (Wildman–Crippen MR) is 122 cm³/mol. The average Bonchev–Trinajstić information content (AvgIpc) is 2.99. The van der Waals surface area contributed by atoms with Gasteiger partial charge in [0.15, 0.2) is 5.82 Å². The molecular formula is C24H29N5O2. The Morgan fingerprint density at radius 1 is 1.06 bits per heavy atom. The van der Waals surface area contributed by atoms with Crippen molar-refractivity contribution in [1.82, 2.24) is 14.8 Å². The van der Waals surface area contributed by atoms with Crippen molar-refractivity contribution in [2.45, 2.75) is 52.6 Å². The van der Waals surface area contributed by atoms with Crippen LogP contribution in [0.3, 0.4) is 0 Å². The number of para-hydroxylation sites is 1. The Labute approximate surface area is 183 Å². The van der Waals surface area contributed by atoms with Crippen LogP contribution in [0.1, 0.15) is 42.0 Å². The highest BCUT2D eigenvalue weighted by atomic mass is 16.5. The molecule has 0 bridgehead atoms. The summed E-state index contributed by atoms with van der Waals surface area (Å²) in [7, 11) is 1.62. The van der Waals surface area contributed by atoms with Gasteiger partial charge in [-0.1, -0.05) is 24.6 Å². The SMILES string of the molecule is COc1ccc(NC(=O)N(Cc2nnc3n2CCCCC3)c2c(C)cccc2C)cc1. The molecule has 1 N–H and O–H groups in total. The Morgan fingerprint density at radius 3 is 2.52 bits per heavy atom. The zero-order valence-corrected chi connectivity index (χ0v) is 18.4. The number of nitrogens with one attached hydrogen (secondary N) is 1. The lowest BCUT2D eigenvalue weighted by atomic mass is 10.1. The van der Waals surface area contributed by atoms with Crippen LogP contribution in [0.2, 0.25) is 0 Å². The smallest absolute Gasteiger partial charge is 0.326 e. The molecule has 0 saturated heterocycles. The van der Waals surface area contributed by atoms with E-state index >= 15 is 0 Å². The summed E-state index contributed by atoms with van der Waals surface area (Å²) in [6.07, 6.45) is 4.38. The number of carbonyl (C=O) groups is 1. The quantitative estimate of drug-likeness (QED) is 0.640. The van der Waals surface area contributed by atoms with E-state index in [0.717, 1.165) is 60.0 Å². The van der Waals surface area contributed by atoms with Gasteiger partial charge >= 0.3 is 6.03 Å². The molecule has 0 fully saturated rings. The van der Waals surface area contributed by atoms with Gasteiger partial charge in [0.2, 0.25) is 0 Å². The zero-order valence-electron chi connectivity index (χ0n) is 18.4. The second kappa shape index (κ2) is 9.20. The van der Waals surface area contributed by atoms with Gasteiger partial charge in [0.05, 0.1) is 19.3 Å². The summed E-state index contributed by atoms with van der Waals surface area (Å²) in [5.41, 5.74) is 3.70. The lowest BCUT2D eigenvalue weighted by Gasteiger charge is -2.26. The van der Waals surface area contributed by atoms with Gasteiger partial charge in [-0.25, -0.2) is 4.79 Å². The molecule has 2 aromatic carbocycles. The molecule has 3 aromatic rings. The molecule has 0 unspecified atom stereocenters. The standard InChI is InChI=1S/C24H29N5O2/c1-17-8-7-9-18(2)23(17)29(24(30)25-19-11-13-20(31-3)14-12-19)16-22-27-26-21-10-5-4-6-15-28(21)22/h7-9,11-14H,4-6,10,15-16H2,1-3H3,(H,25,30). The number of anilines is 2. The summed E-state index contributed by atoms with van der Waals surface area (Å²) in [5.74, 6) is 2.59. The number of nitrogens with zero attached hydrogens (tertiary/aromatic N) is 4. The van der Waals surface area contributed by atoms with Crippen molar-refractivity contribution in [3.63, 3.8) is 0 Å². The molecule has 7 heteroatoms. The number of fused-ring (bicyclic) bond motifs is 1. The number of amides is 2. The van der Waals surface area contributed by atoms with Crippen molar-refractivity contribution in [1.29, 1.82) is 0 Å². The number of urea groups is 1. The van der Waals surface area contributed by atoms with Crippen molar-refractivity contribution in [2.24, 2.45) is 0 Å². The molecule has 2 heterocycles. The Morgan fingerprint density at radius 2 is 1.81 bits per heavy atom. The van der Waals surface area contributed by atoms with Crippen LogP contribution in [0.4, 0.5) is 16.2 Å². The van der Waals surface area contributed by atoms with Gasteiger partial charge in [-0.2, -0.15) is 0 Å². The first-order valence-electron chi connectivity index (χ1n) is 10.8. The largest absolute Gasteiger partial charge is 0.497 e. The van der Waals surface area contributed by atoms with Gasteiger partial charge in [-0.15, -0.1) is 10.2 Å². The first-order valence-corrected chi connectivity index (χ1v) is 10.8. The van der Waals surface area contributed by atoms with Crippen LogP contribution in [0.5, 0.6) is 5.75 Å². The van der Waals surface area contributed by atoms with E-state index in [1.165, 1.54) is 6.42 Å². The minimum absolute atomic E-state index is 0.200. The molecule has 2 amide bonds. The molecular weight excluding hydrogens is 390 g/mol. The molecule has 0 atom stereocenters. The fraction of sp³-hybridized carbons (Fsp3) is 0.375. The number of carbonyl (C=O) groups excluding carboxylic acids is 1. The van der Waals surface area contributed by atoms with E-state index in [0.29, 0.717) is 12.2 Å². The number of methoxy groups -OCH3 is 1. The highest BCUT2D eigenvalue weighted by Gasteiger charge is 2.24. The molecule has 0 saturated carbocycles. The maximum atomic E-state index is 13.5. The second-order valence-electron chi connectivity index (χ2n) is 7.98. The first-order chi connectivity index (χ1) is 15.1. The van der Waals surface area contributed by atoms with Gasteiger partial charge < -0.3 is 14.6 Å². The fourth-order valence-corrected chi connectivity index (χ4v) is 4.15. The maximum absolute atomic E-state index is 13.5. The van der Waals surface area contributed by atoms with Gasteiger partial charge in [-0.05, 0) is 62.1 Å². The summed E-state index contributed by atoms with van der Waals surface area (Å²) in [4.78, 5) is 15.2. The molecule has 31 heavy (non-hydrogen) atoms. The topological polar surface area (TPSA) is 72.3 Å². The van der Waals surface area contributed by atoms with Crippen molar-refractivity contribution >= 4 is 17.4 Å². The lowest BCUT2D eigenvalue weighted by molar-refractivity contribution is 0.256. The molecule has 7 nitrogen and oxygen atoms in total. The summed E-state index contributed by atoms with van der Waals surface area (Å²) in [5, 5.41) is 11.9. The number of hydrogen-bond acceptors (Lipinski definition) is 4. The highest BCUT2D eigenvalue weighted by molar-refractivity contribution is 6.02. The number of ether oxygens (including phenoxy) is 1. The molecule has 1 aliphatic heterocycles. The summed E-state index contributed by atoms with van der Waals surface area (Å²) in [6, 6.07) is 13.2. The van der Waals surface area contributed by atoms with E-state index < -0.39 is 0 Å². The van der Waals surface area contributed by atoms with E-state index in [1.54, 1.807) is 12.0 Å². The van der Waals surface area contributed by atoms with Gasteiger partial charge in [0.25, 0.3) is 0 Å². The van der Waals surface area contributed by atoms with E-state index in [4.69, 9.17) is 4.74 Å². The monoisotopic (exact) mass is 419 g/mol. The lowest BCUT2D eigenvalue weighted by Crippen LogP contribution is -2.36. The molecule has 0 radical (unpaired) electrons. The normalized spacial score (nSPS) is 13.3. The van der Waals surface area contributed by atoms with Crippen LogP contribution in [-0.4, -0.2) is 27.9 Å². The number of hydrogen-bond donors (Lipinski definition) is 1. The van der Waals surface area contributed by atoms with Crippen molar-refractivity contribution in [3.8, 4) is 5.75 Å². The van der Waals surface area contributed by atoms with Crippen LogP contribution in [-0.2, 0) is 19.5 Å². The Bertz CT molecular complexity index is 1040. The van der Waals surface area contributed by atoms with Crippen molar-refractivity contribution < 1.29 is 9.53 Å². The average molecular weight is 420 g/mol. The number of aromatic nitrogens is 3. The summed E-state index contributed by atoms with van der Waals surface area (Å²) >= 11 is 0. The first kappa shape index (κ1) is 20.9. The molecule has 1 aromatic heterocycles. The fourth-order valence-electron chi connectivity index (χ4n) is 4.15. The second-order valence-corrected chi connectivity index (χ2v) is 7.98. The van der Waals surface area contributed by atoms with E-state index in [1.807, 2.05) is 56.3 Å². The van der Waals surface area contributed by atoms with E-state index in [9.17, 15) is 4.79 Å². The van der Waals surface area contributed by atoms with Gasteiger partial charge in [0, 0.05) is 18.7 Å². The van der Waals surface area contributed by atoms with Crippen LogP contribution in [0.25, 0.3) is 0 Å². The van der Waals surface area contributed by atoms with E-state index in [2.05, 4.69) is 20.1 Å². The Balaban J connectivity index is 1.66. The zero-order chi connectivity index (χ0) is 21.8. The number of rotatable bonds is 5. The molecule has 4 rings (SSSR count). The third-order valence-corrected chi connectivity index (χ3v) is 5.78. The minimum Gasteiger partial charge on any atom is -0.497 e. The van der Waals surface area contributed by atoms with Gasteiger partial charge in [0.1, 0.15) is 11.6 Å². The summed E-state index contributed by atoms with van der Waals surface area (Å²) < 4.78 is 7.40. The molecule has 162 valence electrons. The number of benzene rings is 2. The molecule has 0 aliphatic carbocycles. The Hall–Kier alpha value is -3.35. The van der Waals surface area contributed by atoms with Crippen LogP contribution in [0.15, 0.2) is 42.5 Å².